The molecule has 4 rings (SSSR count). The molecule has 0 amide bonds. The van der Waals surface area contributed by atoms with Crippen LogP contribution in [0.1, 0.15) is 23.5 Å². The van der Waals surface area contributed by atoms with Crippen molar-refractivity contribution < 1.29 is 4.74 Å². The van der Waals surface area contributed by atoms with Crippen molar-refractivity contribution in [2.75, 3.05) is 13.2 Å². The standard InChI is InChI=1S/C19H21N3O2S/c23-19-16-7-1-2-8-17(16)20-18(21-19)13-22(11-14-5-3-9-24-14)12-15-6-4-10-25-15/h1-2,4,6-8,10,14H,3,5,9,11-13H2,(H,20,21,23)/t14-/m0/s1. The summed E-state index contributed by atoms with van der Waals surface area (Å²) in [6.07, 6.45) is 2.50. The molecule has 0 aliphatic carbocycles. The van der Waals surface area contributed by atoms with E-state index in [-0.39, 0.29) is 11.7 Å². The quantitative estimate of drug-likeness (QED) is 0.738. The van der Waals surface area contributed by atoms with Gasteiger partial charge in [0.25, 0.3) is 5.56 Å². The lowest BCUT2D eigenvalue weighted by atomic mass is 10.2. The molecule has 130 valence electrons. The van der Waals surface area contributed by atoms with Gasteiger partial charge in [0.2, 0.25) is 0 Å². The van der Waals surface area contributed by atoms with Gasteiger partial charge in [0, 0.05) is 24.6 Å². The summed E-state index contributed by atoms with van der Waals surface area (Å²) in [6.45, 7) is 3.16. The Hall–Kier alpha value is -2.02. The lowest BCUT2D eigenvalue weighted by Gasteiger charge is -2.24. The van der Waals surface area contributed by atoms with E-state index in [1.54, 1.807) is 17.4 Å². The number of rotatable bonds is 6. The first-order chi connectivity index (χ1) is 12.3. The highest BCUT2D eigenvalue weighted by atomic mass is 32.1. The summed E-state index contributed by atoms with van der Waals surface area (Å²) < 4.78 is 5.80. The summed E-state index contributed by atoms with van der Waals surface area (Å²) in [6, 6.07) is 11.7. The van der Waals surface area contributed by atoms with Crippen LogP contribution in [0.2, 0.25) is 0 Å². The summed E-state index contributed by atoms with van der Waals surface area (Å²) >= 11 is 1.75. The van der Waals surface area contributed by atoms with Crippen LogP contribution in [0.5, 0.6) is 0 Å². The minimum atomic E-state index is -0.0752. The number of thiophene rings is 1. The Kier molecular flexibility index (Phi) is 4.92. The maximum atomic E-state index is 12.3. The van der Waals surface area contributed by atoms with Crippen molar-refractivity contribution in [1.29, 1.82) is 0 Å². The summed E-state index contributed by atoms with van der Waals surface area (Å²) in [5.74, 6) is 0.707. The summed E-state index contributed by atoms with van der Waals surface area (Å²) in [5.41, 5.74) is 0.670. The van der Waals surface area contributed by atoms with Gasteiger partial charge < -0.3 is 9.72 Å². The molecule has 1 aliphatic heterocycles. The smallest absolute Gasteiger partial charge is 0.258 e. The van der Waals surface area contributed by atoms with Crippen LogP contribution in [0.4, 0.5) is 0 Å². The minimum absolute atomic E-state index is 0.0752. The second-order valence-electron chi connectivity index (χ2n) is 6.41. The minimum Gasteiger partial charge on any atom is -0.377 e. The third-order valence-corrected chi connectivity index (χ3v) is 5.34. The highest BCUT2D eigenvalue weighted by Crippen LogP contribution is 2.18. The molecule has 0 unspecified atom stereocenters. The first kappa shape index (κ1) is 16.4. The van der Waals surface area contributed by atoms with Gasteiger partial charge in [-0.15, -0.1) is 11.3 Å². The average molecular weight is 355 g/mol. The van der Waals surface area contributed by atoms with Crippen LogP contribution >= 0.6 is 11.3 Å². The van der Waals surface area contributed by atoms with Crippen LogP contribution in [0.3, 0.4) is 0 Å². The van der Waals surface area contributed by atoms with Crippen molar-refractivity contribution >= 4 is 22.2 Å². The molecule has 3 heterocycles. The predicted molar refractivity (Wildman–Crippen MR) is 99.8 cm³/mol. The molecule has 0 bridgehead atoms. The van der Waals surface area contributed by atoms with Crippen molar-refractivity contribution in [3.8, 4) is 0 Å². The molecule has 1 aliphatic rings. The van der Waals surface area contributed by atoms with Crippen LogP contribution < -0.4 is 5.56 Å². The average Bonchev–Trinajstić information content (AvgIpc) is 3.29. The number of aromatic amines is 1. The van der Waals surface area contributed by atoms with E-state index in [1.807, 2.05) is 18.2 Å². The van der Waals surface area contributed by atoms with E-state index in [9.17, 15) is 4.79 Å². The van der Waals surface area contributed by atoms with Crippen LogP contribution in [-0.4, -0.2) is 34.1 Å². The van der Waals surface area contributed by atoms with E-state index in [0.717, 1.165) is 38.1 Å². The van der Waals surface area contributed by atoms with Crippen LogP contribution in [-0.2, 0) is 17.8 Å². The SMILES string of the molecule is O=c1[nH]c(CN(Cc2cccs2)C[C@@H]2CCCO2)nc2ccccc12. The Morgan fingerprint density at radius 2 is 2.16 bits per heavy atom. The number of nitrogens with one attached hydrogen (secondary N) is 1. The van der Waals surface area contributed by atoms with Gasteiger partial charge in [-0.1, -0.05) is 18.2 Å². The number of hydrogen-bond acceptors (Lipinski definition) is 5. The zero-order chi connectivity index (χ0) is 17.1. The van der Waals surface area contributed by atoms with Crippen LogP contribution in [0.25, 0.3) is 10.9 Å². The normalized spacial score (nSPS) is 17.6. The molecule has 1 aromatic carbocycles. The zero-order valence-electron chi connectivity index (χ0n) is 14.0. The largest absolute Gasteiger partial charge is 0.377 e. The fraction of sp³-hybridized carbons (Fsp3) is 0.368. The van der Waals surface area contributed by atoms with Gasteiger partial charge in [0.15, 0.2) is 0 Å². The van der Waals surface area contributed by atoms with E-state index in [0.29, 0.717) is 17.8 Å². The maximum Gasteiger partial charge on any atom is 0.258 e. The second-order valence-corrected chi connectivity index (χ2v) is 7.45. The fourth-order valence-electron chi connectivity index (χ4n) is 3.31. The van der Waals surface area contributed by atoms with E-state index < -0.39 is 0 Å². The Labute approximate surface area is 150 Å². The van der Waals surface area contributed by atoms with E-state index in [1.165, 1.54) is 4.88 Å². The highest BCUT2D eigenvalue weighted by Gasteiger charge is 2.20. The zero-order valence-corrected chi connectivity index (χ0v) is 14.8. The predicted octanol–water partition coefficient (Wildman–Crippen LogP) is 3.17. The van der Waals surface area contributed by atoms with E-state index in [4.69, 9.17) is 4.74 Å². The van der Waals surface area contributed by atoms with Crippen molar-refractivity contribution in [3.63, 3.8) is 0 Å². The molecule has 1 saturated heterocycles. The number of aromatic nitrogens is 2. The molecule has 0 spiro atoms. The van der Waals surface area contributed by atoms with Gasteiger partial charge in [0.1, 0.15) is 5.82 Å². The third kappa shape index (κ3) is 3.98. The van der Waals surface area contributed by atoms with Crippen molar-refractivity contribution in [2.45, 2.75) is 32.0 Å². The summed E-state index contributed by atoms with van der Waals surface area (Å²) in [5, 5.41) is 2.73. The molecule has 6 heteroatoms. The first-order valence-corrected chi connectivity index (χ1v) is 9.50. The first-order valence-electron chi connectivity index (χ1n) is 8.62. The molecule has 1 fully saturated rings. The number of para-hydroxylation sites is 1. The Morgan fingerprint density at radius 3 is 2.96 bits per heavy atom. The fourth-order valence-corrected chi connectivity index (χ4v) is 4.05. The Balaban J connectivity index is 1.57. The number of nitrogens with zero attached hydrogens (tertiary/aromatic N) is 2. The molecule has 1 N–H and O–H groups in total. The molecule has 1 atom stereocenters. The van der Waals surface area contributed by atoms with Gasteiger partial charge in [-0.05, 0) is 36.4 Å². The van der Waals surface area contributed by atoms with Crippen LogP contribution in [0.15, 0.2) is 46.6 Å². The highest BCUT2D eigenvalue weighted by molar-refractivity contribution is 7.09. The number of H-pyrrole nitrogens is 1. The Bertz CT molecular complexity index is 885. The maximum absolute atomic E-state index is 12.3. The lowest BCUT2D eigenvalue weighted by molar-refractivity contribution is 0.0674. The molecule has 0 saturated carbocycles. The van der Waals surface area contributed by atoms with Gasteiger partial charge in [0.05, 0.1) is 23.6 Å². The van der Waals surface area contributed by atoms with Crippen molar-refractivity contribution in [2.24, 2.45) is 0 Å². The van der Waals surface area contributed by atoms with Crippen molar-refractivity contribution in [3.05, 3.63) is 62.8 Å². The molecule has 25 heavy (non-hydrogen) atoms. The van der Waals surface area contributed by atoms with E-state index >= 15 is 0 Å². The Morgan fingerprint density at radius 1 is 1.24 bits per heavy atom. The third-order valence-electron chi connectivity index (χ3n) is 4.48. The summed E-state index contributed by atoms with van der Waals surface area (Å²) in [4.78, 5) is 23.5. The molecular weight excluding hydrogens is 334 g/mol. The van der Waals surface area contributed by atoms with Gasteiger partial charge in [-0.25, -0.2) is 4.98 Å². The molecule has 0 radical (unpaired) electrons. The number of ether oxygens (including phenoxy) is 1. The van der Waals surface area contributed by atoms with Gasteiger partial charge >= 0.3 is 0 Å². The number of fused-ring (bicyclic) bond motifs is 1. The molecule has 2 aromatic heterocycles. The molecular formula is C19H21N3O2S. The molecule has 5 nitrogen and oxygen atoms in total. The second kappa shape index (κ2) is 7.47. The summed E-state index contributed by atoms with van der Waals surface area (Å²) in [7, 11) is 0. The molecule has 3 aromatic rings. The van der Waals surface area contributed by atoms with E-state index in [2.05, 4.69) is 32.4 Å². The monoisotopic (exact) mass is 355 g/mol. The van der Waals surface area contributed by atoms with Crippen LogP contribution in [0, 0.1) is 0 Å². The van der Waals surface area contributed by atoms with Gasteiger partial charge in [-0.3, -0.25) is 9.69 Å². The topological polar surface area (TPSA) is 58.2 Å². The lowest BCUT2D eigenvalue weighted by Crippen LogP contribution is -2.32. The van der Waals surface area contributed by atoms with Gasteiger partial charge in [-0.2, -0.15) is 0 Å². The number of hydrogen-bond donors (Lipinski definition) is 1. The number of benzene rings is 1. The van der Waals surface area contributed by atoms with Crippen molar-refractivity contribution in [1.82, 2.24) is 14.9 Å².